The third kappa shape index (κ3) is 1.79. The van der Waals surface area contributed by atoms with Gasteiger partial charge in [-0.2, -0.15) is 0 Å². The number of esters is 1. The van der Waals surface area contributed by atoms with Gasteiger partial charge in [0.15, 0.2) is 0 Å². The number of aliphatic hydroxyl groups is 1. The summed E-state index contributed by atoms with van der Waals surface area (Å²) in [7, 11) is 2.10. The summed E-state index contributed by atoms with van der Waals surface area (Å²) in [6.07, 6.45) is 2.65. The lowest BCUT2D eigenvalue weighted by molar-refractivity contribution is -0.157. The van der Waals surface area contributed by atoms with Crippen molar-refractivity contribution in [3.05, 3.63) is 34.3 Å². The monoisotopic (exact) mass is 317 g/mol. The number of carbonyl (C=O) groups is 1. The lowest BCUT2D eigenvalue weighted by Crippen LogP contribution is -2.53. The van der Waals surface area contributed by atoms with E-state index in [1.165, 1.54) is 5.57 Å². The van der Waals surface area contributed by atoms with Crippen LogP contribution in [0.2, 0.25) is 0 Å². The molecular weight excluding hydrogens is 298 g/mol. The molecule has 0 spiro atoms. The predicted octanol–water partition coefficient (Wildman–Crippen LogP) is 0.839. The smallest absolute Gasteiger partial charge is 0.334 e. The lowest BCUT2D eigenvalue weighted by atomic mass is 9.71. The van der Waals surface area contributed by atoms with Crippen LogP contribution in [0.5, 0.6) is 0 Å². The van der Waals surface area contributed by atoms with Crippen LogP contribution in [0.15, 0.2) is 34.3 Å². The van der Waals surface area contributed by atoms with E-state index in [4.69, 9.17) is 14.2 Å². The molecule has 0 aromatic heterocycles. The molecule has 1 saturated heterocycles. The van der Waals surface area contributed by atoms with Crippen LogP contribution in [-0.2, 0) is 19.0 Å². The molecule has 6 heteroatoms. The fourth-order valence-electron chi connectivity index (χ4n) is 4.70. The zero-order valence-electron chi connectivity index (χ0n) is 12.9. The maximum atomic E-state index is 12.4. The second kappa shape index (κ2) is 4.61. The van der Waals surface area contributed by atoms with Gasteiger partial charge in [-0.3, -0.25) is 4.90 Å². The maximum absolute atomic E-state index is 12.4. The Kier molecular flexibility index (Phi) is 2.73. The number of allylic oxidation sites excluding steroid dienone is 2. The van der Waals surface area contributed by atoms with Crippen LogP contribution >= 0.6 is 0 Å². The Morgan fingerprint density at radius 2 is 2.04 bits per heavy atom. The van der Waals surface area contributed by atoms with Crippen LogP contribution in [0.3, 0.4) is 0 Å². The van der Waals surface area contributed by atoms with E-state index in [2.05, 4.69) is 11.9 Å². The largest absolute Gasteiger partial charge is 0.458 e. The van der Waals surface area contributed by atoms with Crippen LogP contribution in [0.25, 0.3) is 0 Å². The zero-order valence-corrected chi connectivity index (χ0v) is 12.9. The molecule has 3 aliphatic heterocycles. The molecule has 1 fully saturated rings. The molecule has 4 atom stereocenters. The van der Waals surface area contributed by atoms with Crippen molar-refractivity contribution in [1.82, 2.24) is 4.90 Å². The Hall–Kier alpha value is -1.79. The lowest BCUT2D eigenvalue weighted by Gasteiger charge is -2.45. The third-order valence-corrected chi connectivity index (χ3v) is 5.77. The highest BCUT2D eigenvalue weighted by molar-refractivity contribution is 5.92. The number of rotatable bonds is 0. The fourth-order valence-corrected chi connectivity index (χ4v) is 4.70. The summed E-state index contributed by atoms with van der Waals surface area (Å²) in [6.45, 7) is 1.20. The summed E-state index contributed by atoms with van der Waals surface area (Å²) in [6, 6.07) is 0.200. The molecule has 5 rings (SSSR count). The number of nitrogens with zero attached hydrogens (tertiary/aromatic N) is 1. The van der Waals surface area contributed by atoms with Crippen LogP contribution in [0.1, 0.15) is 19.3 Å². The molecule has 0 saturated carbocycles. The van der Waals surface area contributed by atoms with Gasteiger partial charge in [0.1, 0.15) is 23.7 Å². The Morgan fingerprint density at radius 3 is 2.87 bits per heavy atom. The Balaban J connectivity index is 1.61. The molecule has 0 bridgehead atoms. The first-order chi connectivity index (χ1) is 11.1. The van der Waals surface area contributed by atoms with Crippen molar-refractivity contribution in [3.8, 4) is 0 Å². The summed E-state index contributed by atoms with van der Waals surface area (Å²) in [4.78, 5) is 14.7. The van der Waals surface area contributed by atoms with E-state index >= 15 is 0 Å². The van der Waals surface area contributed by atoms with E-state index in [0.717, 1.165) is 30.1 Å². The van der Waals surface area contributed by atoms with Crippen molar-refractivity contribution in [2.45, 2.75) is 37.5 Å². The second-order valence-electron chi connectivity index (χ2n) is 6.91. The Labute approximate surface area is 134 Å². The molecule has 0 aromatic carbocycles. The zero-order chi connectivity index (χ0) is 15.7. The normalized spacial score (nSPS) is 38.9. The van der Waals surface area contributed by atoms with Crippen molar-refractivity contribution >= 4 is 5.97 Å². The van der Waals surface area contributed by atoms with Crippen LogP contribution in [0.4, 0.5) is 0 Å². The standard InChI is InChI=1S/C17H19NO5/c1-18-3-2-8-4-11(19)16-14(15(8)18)9-5-12-13(22-7-21-12)6-10(9)17(20)23-16/h4,11,14-16,19H,2-3,5-7H2,1H3/t11-,14-,15+,16+/m0/s1. The van der Waals surface area contributed by atoms with Gasteiger partial charge in [0.05, 0.1) is 0 Å². The van der Waals surface area contributed by atoms with E-state index in [-0.39, 0.29) is 24.7 Å². The summed E-state index contributed by atoms with van der Waals surface area (Å²) in [5, 5.41) is 10.5. The summed E-state index contributed by atoms with van der Waals surface area (Å²) < 4.78 is 16.7. The first-order valence-electron chi connectivity index (χ1n) is 8.13. The number of hydrogen-bond acceptors (Lipinski definition) is 6. The van der Waals surface area contributed by atoms with Gasteiger partial charge in [0.2, 0.25) is 6.79 Å². The maximum Gasteiger partial charge on any atom is 0.334 e. The van der Waals surface area contributed by atoms with Crippen LogP contribution in [0, 0.1) is 5.92 Å². The van der Waals surface area contributed by atoms with Gasteiger partial charge in [0, 0.05) is 36.9 Å². The van der Waals surface area contributed by atoms with E-state index < -0.39 is 12.2 Å². The Morgan fingerprint density at radius 1 is 1.26 bits per heavy atom. The molecule has 0 aromatic rings. The quantitative estimate of drug-likeness (QED) is 0.527. The van der Waals surface area contributed by atoms with Gasteiger partial charge in [0.25, 0.3) is 0 Å². The summed E-state index contributed by atoms with van der Waals surface area (Å²) in [5.41, 5.74) is 3.03. The van der Waals surface area contributed by atoms with E-state index in [1.54, 1.807) is 0 Å². The van der Waals surface area contributed by atoms with Gasteiger partial charge >= 0.3 is 5.97 Å². The average Bonchev–Trinajstić information content (AvgIpc) is 3.13. The highest BCUT2D eigenvalue weighted by Gasteiger charge is 2.52. The molecule has 0 radical (unpaired) electrons. The number of likely N-dealkylation sites (N-methyl/N-ethyl adjacent to an activating group) is 1. The van der Waals surface area contributed by atoms with Gasteiger partial charge in [-0.05, 0) is 19.0 Å². The highest BCUT2D eigenvalue weighted by Crippen LogP contribution is 2.49. The molecule has 23 heavy (non-hydrogen) atoms. The molecule has 5 aliphatic rings. The molecule has 2 aliphatic carbocycles. The van der Waals surface area contributed by atoms with Gasteiger partial charge < -0.3 is 19.3 Å². The third-order valence-electron chi connectivity index (χ3n) is 5.77. The van der Waals surface area contributed by atoms with Gasteiger partial charge in [-0.1, -0.05) is 11.6 Å². The minimum atomic E-state index is -0.730. The first kappa shape index (κ1) is 13.6. The number of hydrogen-bond donors (Lipinski definition) is 1. The number of carbonyl (C=O) groups excluding carboxylic acids is 1. The van der Waals surface area contributed by atoms with Crippen LogP contribution < -0.4 is 0 Å². The second-order valence-corrected chi connectivity index (χ2v) is 6.91. The summed E-state index contributed by atoms with van der Waals surface area (Å²) >= 11 is 0. The Bertz CT molecular complexity index is 691. The van der Waals surface area contributed by atoms with Gasteiger partial charge in [-0.15, -0.1) is 0 Å². The van der Waals surface area contributed by atoms with E-state index in [9.17, 15) is 9.90 Å². The molecule has 6 nitrogen and oxygen atoms in total. The van der Waals surface area contributed by atoms with E-state index in [0.29, 0.717) is 18.4 Å². The number of aliphatic hydroxyl groups excluding tert-OH is 1. The van der Waals surface area contributed by atoms with E-state index in [1.807, 2.05) is 6.08 Å². The molecule has 0 amide bonds. The highest BCUT2D eigenvalue weighted by atomic mass is 16.7. The first-order valence-corrected chi connectivity index (χ1v) is 8.13. The van der Waals surface area contributed by atoms with Crippen molar-refractivity contribution in [2.24, 2.45) is 5.92 Å². The number of likely N-dealkylation sites (tertiary alicyclic amines) is 1. The number of fused-ring (bicyclic) bond motifs is 4. The fraction of sp³-hybridized carbons (Fsp3) is 0.588. The topological polar surface area (TPSA) is 68.2 Å². The van der Waals surface area contributed by atoms with Crippen LogP contribution in [-0.4, -0.2) is 54.6 Å². The average molecular weight is 317 g/mol. The van der Waals surface area contributed by atoms with Crippen molar-refractivity contribution in [2.75, 3.05) is 20.4 Å². The van der Waals surface area contributed by atoms with Crippen molar-refractivity contribution < 1.29 is 24.1 Å². The van der Waals surface area contributed by atoms with Crippen molar-refractivity contribution in [1.29, 1.82) is 0 Å². The minimum Gasteiger partial charge on any atom is -0.458 e. The minimum absolute atomic E-state index is 0.00319. The summed E-state index contributed by atoms with van der Waals surface area (Å²) in [5.74, 6) is 1.28. The molecule has 3 heterocycles. The molecule has 0 unspecified atom stereocenters. The van der Waals surface area contributed by atoms with Crippen molar-refractivity contribution in [3.63, 3.8) is 0 Å². The van der Waals surface area contributed by atoms with Gasteiger partial charge in [-0.25, -0.2) is 4.79 Å². The number of ether oxygens (including phenoxy) is 3. The molecular formula is C17H19NO5. The predicted molar refractivity (Wildman–Crippen MR) is 78.8 cm³/mol. The SMILES string of the molecule is CN1CCC2=C[C@H](O)[C@H]3OC(=O)C4=C(CC5=C(C4)OCO5)[C@H]3[C@@H]21. The molecule has 122 valence electrons. The molecule has 1 N–H and O–H groups in total.